The van der Waals surface area contributed by atoms with Crippen molar-refractivity contribution in [3.8, 4) is 11.1 Å². The molecule has 0 saturated heterocycles. The molecule has 0 aliphatic heterocycles. The highest BCUT2D eigenvalue weighted by molar-refractivity contribution is 5.95. The van der Waals surface area contributed by atoms with Crippen molar-refractivity contribution < 1.29 is 14.4 Å². The minimum Gasteiger partial charge on any atom is -0.354 e. The van der Waals surface area contributed by atoms with Gasteiger partial charge >= 0.3 is 0 Å². The minimum atomic E-state index is -0.852. The van der Waals surface area contributed by atoms with Crippen LogP contribution >= 0.6 is 0 Å². The number of carbonyl (C=O) groups is 3. The van der Waals surface area contributed by atoms with Gasteiger partial charge in [0.1, 0.15) is 12.1 Å². The Balaban J connectivity index is 1.60. The molecule has 262 valence electrons. The Hall–Kier alpha value is -5.01. The Morgan fingerprint density at radius 2 is 1.18 bits per heavy atom. The first kappa shape index (κ1) is 37.8. The molecule has 7 nitrogen and oxygen atoms in total. The molecule has 0 aromatic heterocycles. The Morgan fingerprint density at radius 1 is 0.680 bits per heavy atom. The van der Waals surface area contributed by atoms with E-state index in [1.807, 2.05) is 123 Å². The van der Waals surface area contributed by atoms with Crippen LogP contribution in [0.1, 0.15) is 49.8 Å². The molecule has 7 heteroatoms. The molecule has 3 amide bonds. The number of hydrogen-bond acceptors (Lipinski definition) is 4. The fraction of sp³-hybridized carbons (Fsp3) is 0.326. The molecule has 0 aliphatic carbocycles. The lowest BCUT2D eigenvalue weighted by molar-refractivity contribution is -0.146. The first-order valence-electron chi connectivity index (χ1n) is 17.6. The zero-order chi connectivity index (χ0) is 35.9. The Bertz CT molecular complexity index is 1670. The summed E-state index contributed by atoms with van der Waals surface area (Å²) in [5, 5.41) is 3.07. The highest BCUT2D eigenvalue weighted by atomic mass is 16.2. The molecular formula is C43H52N4O3. The second-order valence-corrected chi connectivity index (χ2v) is 13.1. The summed E-state index contributed by atoms with van der Waals surface area (Å²) in [6, 6.07) is 36.2. The van der Waals surface area contributed by atoms with Gasteiger partial charge in [0.15, 0.2) is 0 Å². The third-order valence-electron chi connectivity index (χ3n) is 9.73. The molecule has 3 N–H and O–H groups in total. The van der Waals surface area contributed by atoms with E-state index in [9.17, 15) is 14.4 Å². The standard InChI is InChI=1S/C43H52N4O3/c1-5-43(44,6-2)29-16-23-40(48)46(3)39(32-35-24-26-37(27-25-35)36-21-14-9-15-22-36)42(50)47(4)38(31-34-19-12-8-13-20-34)41(49)45-30-28-33-17-10-7-11-18-33/h7-27,38-39H,5-6,28-32,44H2,1-4H3,(H,45,49)/b23-16+. The van der Waals surface area contributed by atoms with Crippen LogP contribution in [-0.4, -0.2) is 65.8 Å². The number of nitrogens with zero attached hydrogens (tertiary/aromatic N) is 2. The van der Waals surface area contributed by atoms with Gasteiger partial charge in [0.05, 0.1) is 0 Å². The molecule has 4 aromatic rings. The lowest BCUT2D eigenvalue weighted by atomic mass is 9.90. The zero-order valence-electron chi connectivity index (χ0n) is 29.9. The SMILES string of the molecule is CCC(N)(CC)C/C=C/C(=O)N(C)C(Cc1ccc(-c2ccccc2)cc1)C(=O)N(C)C(Cc1ccccc1)C(=O)NCCc1ccccc1. The first-order chi connectivity index (χ1) is 24.1. The molecule has 4 rings (SSSR count). The van der Waals surface area contributed by atoms with Gasteiger partial charge in [-0.3, -0.25) is 14.4 Å². The van der Waals surface area contributed by atoms with Gasteiger partial charge < -0.3 is 20.9 Å². The molecule has 0 fully saturated rings. The minimum absolute atomic E-state index is 0.237. The van der Waals surface area contributed by atoms with Crippen LogP contribution in [0.5, 0.6) is 0 Å². The van der Waals surface area contributed by atoms with E-state index in [4.69, 9.17) is 5.73 Å². The van der Waals surface area contributed by atoms with Crippen molar-refractivity contribution in [2.45, 2.75) is 70.0 Å². The van der Waals surface area contributed by atoms with E-state index in [0.29, 0.717) is 25.8 Å². The molecule has 50 heavy (non-hydrogen) atoms. The highest BCUT2D eigenvalue weighted by Crippen LogP contribution is 2.22. The van der Waals surface area contributed by atoms with Gasteiger partial charge in [-0.2, -0.15) is 0 Å². The lowest BCUT2D eigenvalue weighted by Gasteiger charge is -2.34. The Morgan fingerprint density at radius 3 is 1.76 bits per heavy atom. The van der Waals surface area contributed by atoms with Gasteiger partial charge in [0, 0.05) is 39.0 Å². The van der Waals surface area contributed by atoms with Gasteiger partial charge in [0.25, 0.3) is 0 Å². The summed E-state index contributed by atoms with van der Waals surface area (Å²) in [5.74, 6) is -0.839. The molecule has 0 saturated carbocycles. The monoisotopic (exact) mass is 672 g/mol. The second-order valence-electron chi connectivity index (χ2n) is 13.1. The summed E-state index contributed by atoms with van der Waals surface area (Å²) in [7, 11) is 3.32. The molecule has 0 bridgehead atoms. The average molecular weight is 673 g/mol. The third kappa shape index (κ3) is 10.7. The predicted molar refractivity (Wildman–Crippen MR) is 203 cm³/mol. The third-order valence-corrected chi connectivity index (χ3v) is 9.73. The molecular weight excluding hydrogens is 620 g/mol. The van der Waals surface area contributed by atoms with Crippen molar-refractivity contribution >= 4 is 17.7 Å². The molecule has 2 atom stereocenters. The van der Waals surface area contributed by atoms with E-state index >= 15 is 0 Å². The fourth-order valence-corrected chi connectivity index (χ4v) is 6.01. The quantitative estimate of drug-likeness (QED) is 0.123. The zero-order valence-corrected chi connectivity index (χ0v) is 29.9. The van der Waals surface area contributed by atoms with Gasteiger partial charge in [-0.25, -0.2) is 0 Å². The summed E-state index contributed by atoms with van der Waals surface area (Å²) in [6.45, 7) is 4.53. The maximum Gasteiger partial charge on any atom is 0.246 e. The summed E-state index contributed by atoms with van der Waals surface area (Å²) < 4.78 is 0. The topological polar surface area (TPSA) is 95.7 Å². The number of hydrogen-bond donors (Lipinski definition) is 2. The normalized spacial score (nSPS) is 12.7. The van der Waals surface area contributed by atoms with Crippen LogP contribution in [-0.2, 0) is 33.6 Å². The molecule has 0 radical (unpaired) electrons. The number of amides is 3. The van der Waals surface area contributed by atoms with E-state index in [2.05, 4.69) is 17.4 Å². The maximum absolute atomic E-state index is 14.5. The number of nitrogens with two attached hydrogens (primary N) is 1. The number of nitrogens with one attached hydrogen (secondary N) is 1. The van der Waals surface area contributed by atoms with Crippen LogP contribution in [0.3, 0.4) is 0 Å². The van der Waals surface area contributed by atoms with Crippen LogP contribution in [0.25, 0.3) is 11.1 Å². The van der Waals surface area contributed by atoms with Crippen LogP contribution < -0.4 is 11.1 Å². The van der Waals surface area contributed by atoms with Crippen LogP contribution in [0, 0.1) is 0 Å². The van der Waals surface area contributed by atoms with Crippen molar-refractivity contribution in [1.29, 1.82) is 0 Å². The van der Waals surface area contributed by atoms with Gasteiger partial charge in [-0.05, 0) is 59.6 Å². The van der Waals surface area contributed by atoms with Gasteiger partial charge in [0.2, 0.25) is 17.7 Å². The van der Waals surface area contributed by atoms with Crippen LogP contribution in [0.4, 0.5) is 0 Å². The van der Waals surface area contributed by atoms with E-state index < -0.39 is 12.1 Å². The largest absolute Gasteiger partial charge is 0.354 e. The second kappa shape index (κ2) is 18.7. The first-order valence-corrected chi connectivity index (χ1v) is 17.6. The number of benzene rings is 4. The molecule has 0 spiro atoms. The van der Waals surface area contributed by atoms with Gasteiger partial charge in [-0.15, -0.1) is 0 Å². The summed E-state index contributed by atoms with van der Waals surface area (Å²) in [6.07, 6.45) is 6.76. The number of likely N-dealkylation sites (N-methyl/N-ethyl adjacent to an activating group) is 2. The van der Waals surface area contributed by atoms with Crippen molar-refractivity contribution in [1.82, 2.24) is 15.1 Å². The summed E-state index contributed by atoms with van der Waals surface area (Å²) in [4.78, 5) is 45.0. The van der Waals surface area contributed by atoms with Crippen LogP contribution in [0.2, 0.25) is 0 Å². The Labute approximate surface area is 298 Å². The molecule has 4 aromatic carbocycles. The van der Waals surface area contributed by atoms with E-state index in [0.717, 1.165) is 40.7 Å². The maximum atomic E-state index is 14.5. The van der Waals surface area contributed by atoms with Crippen molar-refractivity contribution in [3.63, 3.8) is 0 Å². The van der Waals surface area contributed by atoms with Crippen molar-refractivity contribution in [3.05, 3.63) is 144 Å². The smallest absolute Gasteiger partial charge is 0.246 e. The van der Waals surface area contributed by atoms with E-state index in [1.165, 1.54) is 15.9 Å². The predicted octanol–water partition coefficient (Wildman–Crippen LogP) is 6.62. The highest BCUT2D eigenvalue weighted by Gasteiger charge is 2.35. The summed E-state index contributed by atoms with van der Waals surface area (Å²) >= 11 is 0. The van der Waals surface area contributed by atoms with Crippen molar-refractivity contribution in [2.75, 3.05) is 20.6 Å². The summed E-state index contributed by atoms with van der Waals surface area (Å²) in [5.41, 5.74) is 11.2. The Kier molecular flexibility index (Phi) is 14.1. The number of rotatable bonds is 17. The van der Waals surface area contributed by atoms with Crippen LogP contribution in [0.15, 0.2) is 127 Å². The van der Waals surface area contributed by atoms with E-state index in [1.54, 1.807) is 14.1 Å². The molecule has 0 heterocycles. The average Bonchev–Trinajstić information content (AvgIpc) is 3.16. The molecule has 2 unspecified atom stereocenters. The number of carbonyl (C=O) groups excluding carboxylic acids is 3. The van der Waals surface area contributed by atoms with Gasteiger partial charge in [-0.1, -0.05) is 135 Å². The lowest BCUT2D eigenvalue weighted by Crippen LogP contribution is -2.56. The fourth-order valence-electron chi connectivity index (χ4n) is 6.01. The van der Waals surface area contributed by atoms with Crippen molar-refractivity contribution in [2.24, 2.45) is 5.73 Å². The molecule has 0 aliphatic rings. The van der Waals surface area contributed by atoms with E-state index in [-0.39, 0.29) is 29.7 Å².